The van der Waals surface area contributed by atoms with Crippen molar-refractivity contribution in [3.8, 4) is 5.75 Å². The fourth-order valence-corrected chi connectivity index (χ4v) is 1.49. The van der Waals surface area contributed by atoms with Gasteiger partial charge in [0.15, 0.2) is 0 Å². The van der Waals surface area contributed by atoms with Crippen LogP contribution in [0.2, 0.25) is 0 Å². The molecule has 2 nitrogen and oxygen atoms in total. The van der Waals surface area contributed by atoms with Gasteiger partial charge in [-0.1, -0.05) is 38.5 Å². The van der Waals surface area contributed by atoms with Crippen LogP contribution in [0.25, 0.3) is 6.08 Å². The van der Waals surface area contributed by atoms with Crippen molar-refractivity contribution in [2.24, 2.45) is 0 Å². The molecule has 0 spiro atoms. The lowest BCUT2D eigenvalue weighted by Gasteiger charge is -2.05. The van der Waals surface area contributed by atoms with Crippen molar-refractivity contribution in [2.45, 2.75) is 33.1 Å². The highest BCUT2D eigenvalue weighted by atomic mass is 16.5. The summed E-state index contributed by atoms with van der Waals surface area (Å²) < 4.78 is 5.59. The third kappa shape index (κ3) is 5.05. The normalized spacial score (nSPS) is 11.6. The van der Waals surface area contributed by atoms with E-state index in [1.54, 1.807) is 0 Å². The molecule has 0 amide bonds. The number of unbranched alkanes of at least 4 members (excludes halogenated alkanes) is 1. The van der Waals surface area contributed by atoms with Gasteiger partial charge in [0.1, 0.15) is 5.75 Å². The third-order valence-corrected chi connectivity index (χ3v) is 2.67. The molecule has 0 aromatic heterocycles. The molecule has 0 aliphatic carbocycles. The number of benzene rings is 1. The van der Waals surface area contributed by atoms with Crippen LogP contribution < -0.4 is 4.74 Å². The zero-order chi connectivity index (χ0) is 12.5. The fraction of sp³-hybridized carbons (Fsp3) is 0.467. The van der Waals surface area contributed by atoms with Crippen molar-refractivity contribution in [1.82, 2.24) is 0 Å². The molecule has 1 rings (SSSR count). The van der Waals surface area contributed by atoms with Crippen molar-refractivity contribution >= 4 is 6.08 Å². The lowest BCUT2D eigenvalue weighted by molar-refractivity contribution is 0.309. The molecule has 0 saturated heterocycles. The van der Waals surface area contributed by atoms with Gasteiger partial charge in [0, 0.05) is 0 Å². The fourth-order valence-electron chi connectivity index (χ4n) is 1.49. The smallest absolute Gasteiger partial charge is 0.119 e. The molecule has 0 bridgehead atoms. The first-order chi connectivity index (χ1) is 8.30. The Hall–Kier alpha value is -1.28. The first-order valence-electron chi connectivity index (χ1n) is 6.33. The molecule has 0 aliphatic heterocycles. The van der Waals surface area contributed by atoms with Gasteiger partial charge in [-0.15, -0.1) is 0 Å². The van der Waals surface area contributed by atoms with Crippen molar-refractivity contribution in [1.29, 1.82) is 0 Å². The largest absolute Gasteiger partial charge is 0.494 e. The van der Waals surface area contributed by atoms with E-state index in [1.165, 1.54) is 0 Å². The molecule has 1 aromatic carbocycles. The van der Waals surface area contributed by atoms with Gasteiger partial charge in [-0.25, -0.2) is 0 Å². The van der Waals surface area contributed by atoms with Gasteiger partial charge in [0.25, 0.3) is 0 Å². The summed E-state index contributed by atoms with van der Waals surface area (Å²) in [6, 6.07) is 8.00. The van der Waals surface area contributed by atoms with Gasteiger partial charge in [0.05, 0.1) is 13.2 Å². The lowest BCUT2D eigenvalue weighted by Crippen LogP contribution is -1.96. The molecular formula is C15H22O2. The topological polar surface area (TPSA) is 29.5 Å². The van der Waals surface area contributed by atoms with Gasteiger partial charge >= 0.3 is 0 Å². The summed E-state index contributed by atoms with van der Waals surface area (Å²) in [5.74, 6) is 0.914. The van der Waals surface area contributed by atoms with E-state index in [2.05, 4.69) is 6.92 Å². The highest BCUT2D eigenvalue weighted by Crippen LogP contribution is 2.15. The number of aliphatic hydroxyl groups is 1. The van der Waals surface area contributed by atoms with Crippen LogP contribution in [-0.4, -0.2) is 18.3 Å². The Balaban J connectivity index is 2.58. The van der Waals surface area contributed by atoms with Crippen molar-refractivity contribution in [2.75, 3.05) is 13.2 Å². The van der Waals surface area contributed by atoms with Crippen molar-refractivity contribution < 1.29 is 9.84 Å². The maximum atomic E-state index is 9.09. The molecule has 0 fully saturated rings. The van der Waals surface area contributed by atoms with E-state index < -0.39 is 0 Å². The van der Waals surface area contributed by atoms with Gasteiger partial charge in [-0.05, 0) is 36.1 Å². The second-order valence-corrected chi connectivity index (χ2v) is 4.09. The van der Waals surface area contributed by atoms with Gasteiger partial charge < -0.3 is 9.84 Å². The molecule has 0 atom stereocenters. The molecule has 1 aromatic rings. The average molecular weight is 234 g/mol. The second-order valence-electron chi connectivity index (χ2n) is 4.09. The van der Waals surface area contributed by atoms with Crippen LogP contribution in [0.4, 0.5) is 0 Å². The lowest BCUT2D eigenvalue weighted by atomic mass is 10.1. The highest BCUT2D eigenvalue weighted by molar-refractivity contribution is 5.54. The maximum Gasteiger partial charge on any atom is 0.119 e. The van der Waals surface area contributed by atoms with E-state index in [0.29, 0.717) is 0 Å². The minimum atomic E-state index is 0.130. The maximum absolute atomic E-state index is 9.09. The zero-order valence-corrected chi connectivity index (χ0v) is 10.8. The molecule has 0 aliphatic rings. The Kier molecular flexibility index (Phi) is 6.41. The number of aliphatic hydroxyl groups excluding tert-OH is 1. The summed E-state index contributed by atoms with van der Waals surface area (Å²) in [7, 11) is 0. The van der Waals surface area contributed by atoms with E-state index in [4.69, 9.17) is 9.84 Å². The molecule has 94 valence electrons. The first-order valence-corrected chi connectivity index (χ1v) is 6.33. The van der Waals surface area contributed by atoms with E-state index >= 15 is 0 Å². The number of ether oxygens (including phenoxy) is 1. The molecule has 0 saturated carbocycles. The van der Waals surface area contributed by atoms with Crippen LogP contribution in [0, 0.1) is 0 Å². The van der Waals surface area contributed by atoms with Gasteiger partial charge in [-0.3, -0.25) is 0 Å². The van der Waals surface area contributed by atoms with E-state index in [-0.39, 0.29) is 6.61 Å². The molecule has 0 heterocycles. The number of rotatable bonds is 7. The van der Waals surface area contributed by atoms with Crippen LogP contribution in [0.1, 0.15) is 38.7 Å². The minimum Gasteiger partial charge on any atom is -0.494 e. The Morgan fingerprint density at radius 1 is 1.24 bits per heavy atom. The molecule has 17 heavy (non-hydrogen) atoms. The van der Waals surface area contributed by atoms with Crippen LogP contribution in [0.15, 0.2) is 29.8 Å². The number of hydrogen-bond donors (Lipinski definition) is 1. The second kappa shape index (κ2) is 7.91. The Morgan fingerprint density at radius 3 is 2.47 bits per heavy atom. The minimum absolute atomic E-state index is 0.130. The highest BCUT2D eigenvalue weighted by Gasteiger charge is 1.96. The molecular weight excluding hydrogens is 212 g/mol. The van der Waals surface area contributed by atoms with Crippen LogP contribution >= 0.6 is 0 Å². The van der Waals surface area contributed by atoms with Crippen LogP contribution in [0.5, 0.6) is 5.75 Å². The Morgan fingerprint density at radius 2 is 1.94 bits per heavy atom. The Labute approximate surface area is 104 Å². The van der Waals surface area contributed by atoms with Crippen LogP contribution in [0.3, 0.4) is 0 Å². The number of hydrogen-bond acceptors (Lipinski definition) is 2. The molecule has 0 unspecified atom stereocenters. The van der Waals surface area contributed by atoms with Crippen LogP contribution in [-0.2, 0) is 0 Å². The predicted molar refractivity (Wildman–Crippen MR) is 72.2 cm³/mol. The average Bonchev–Trinajstić information content (AvgIpc) is 2.38. The summed E-state index contributed by atoms with van der Waals surface area (Å²) in [5.41, 5.74) is 2.16. The quantitative estimate of drug-likeness (QED) is 0.730. The van der Waals surface area contributed by atoms with E-state index in [0.717, 1.165) is 42.8 Å². The first kappa shape index (κ1) is 13.8. The van der Waals surface area contributed by atoms with Crippen molar-refractivity contribution in [3.05, 3.63) is 35.4 Å². The van der Waals surface area contributed by atoms with Crippen molar-refractivity contribution in [3.63, 3.8) is 0 Å². The Bertz CT molecular complexity index is 332. The summed E-state index contributed by atoms with van der Waals surface area (Å²) in [6.45, 7) is 5.11. The monoisotopic (exact) mass is 234 g/mol. The third-order valence-electron chi connectivity index (χ3n) is 2.67. The SMILES string of the molecule is CCCCOc1ccc(C=C(CC)CO)cc1. The standard InChI is InChI=1S/C15H22O2/c1-3-5-10-17-15-8-6-14(7-9-15)11-13(4-2)12-16/h6-9,11,16H,3-5,10,12H2,1-2H3. The molecule has 2 heteroatoms. The zero-order valence-electron chi connectivity index (χ0n) is 10.8. The summed E-state index contributed by atoms with van der Waals surface area (Å²) in [5, 5.41) is 9.09. The summed E-state index contributed by atoms with van der Waals surface area (Å²) in [6.07, 6.45) is 5.14. The van der Waals surface area contributed by atoms with Gasteiger partial charge in [0.2, 0.25) is 0 Å². The van der Waals surface area contributed by atoms with E-state index in [1.807, 2.05) is 37.3 Å². The molecule has 0 radical (unpaired) electrons. The van der Waals surface area contributed by atoms with E-state index in [9.17, 15) is 0 Å². The summed E-state index contributed by atoms with van der Waals surface area (Å²) >= 11 is 0. The predicted octanol–water partition coefficient (Wildman–Crippen LogP) is 3.65. The summed E-state index contributed by atoms with van der Waals surface area (Å²) in [4.78, 5) is 0. The molecule has 1 N–H and O–H groups in total. The van der Waals surface area contributed by atoms with Gasteiger partial charge in [-0.2, -0.15) is 0 Å².